The number of carboxylic acid groups (broad SMARTS) is 1. The van der Waals surface area contributed by atoms with Crippen molar-refractivity contribution in [3.05, 3.63) is 90.4 Å². The molecule has 0 bridgehead atoms. The van der Waals surface area contributed by atoms with Gasteiger partial charge in [-0.3, -0.25) is 14.5 Å². The number of sulfonamides is 1. The molecule has 0 fully saturated rings. The predicted octanol–water partition coefficient (Wildman–Crippen LogP) is 3.91. The summed E-state index contributed by atoms with van der Waals surface area (Å²) in [6.45, 7) is 0.203. The molecule has 4 N–H and O–H groups in total. The number of anilines is 2. The third-order valence-corrected chi connectivity index (χ3v) is 7.05. The van der Waals surface area contributed by atoms with Gasteiger partial charge in [0.1, 0.15) is 22.2 Å². The second-order valence-electron chi connectivity index (χ2n) is 8.19. The van der Waals surface area contributed by atoms with Gasteiger partial charge in [-0.1, -0.05) is 12.1 Å². The molecule has 0 aliphatic heterocycles. The van der Waals surface area contributed by atoms with Crippen LogP contribution in [0.25, 0.3) is 22.2 Å². The largest absolute Gasteiger partial charge is 0.483 e. The average molecular weight is 569 g/mol. The van der Waals surface area contributed by atoms with Gasteiger partial charge in [-0.05, 0) is 47.5 Å². The fraction of sp³-hybridized carbons (Fsp3) is 0.0769. The van der Waals surface area contributed by atoms with Crippen LogP contribution in [0.5, 0.6) is 5.88 Å². The van der Waals surface area contributed by atoms with E-state index >= 15 is 0 Å². The Hall–Kier alpha value is -5.11. The summed E-state index contributed by atoms with van der Waals surface area (Å²) in [5.74, 6) is -1.81. The number of carbonyl (C=O) groups is 1. The molecule has 0 aliphatic carbocycles. The molecule has 0 saturated heterocycles. The van der Waals surface area contributed by atoms with E-state index in [0.717, 1.165) is 23.2 Å². The molecule has 0 amide bonds. The molecule has 40 heavy (non-hydrogen) atoms. The van der Waals surface area contributed by atoms with Crippen LogP contribution >= 0.6 is 0 Å². The summed E-state index contributed by atoms with van der Waals surface area (Å²) in [6, 6.07) is 12.9. The molecule has 0 unspecified atom stereocenters. The van der Waals surface area contributed by atoms with Gasteiger partial charge >= 0.3 is 0 Å². The predicted molar refractivity (Wildman–Crippen MR) is 143 cm³/mol. The molecule has 5 aromatic rings. The van der Waals surface area contributed by atoms with Crippen LogP contribution in [0.15, 0.2) is 78.1 Å². The molecule has 0 spiro atoms. The third-order valence-electron chi connectivity index (χ3n) is 5.65. The molecular formula is C26H22F2N6O5S. The molecule has 3 aromatic heterocycles. The summed E-state index contributed by atoms with van der Waals surface area (Å²) in [6.07, 6.45) is 4.94. The van der Waals surface area contributed by atoms with Crippen molar-refractivity contribution in [2.24, 2.45) is 0 Å². The van der Waals surface area contributed by atoms with Gasteiger partial charge in [-0.2, -0.15) is 0 Å². The number of nitrogens with zero attached hydrogens (tertiary/aromatic N) is 4. The zero-order valence-electron chi connectivity index (χ0n) is 20.8. The normalized spacial score (nSPS) is 11.0. The first-order chi connectivity index (χ1) is 19.2. The van der Waals surface area contributed by atoms with Crippen LogP contribution < -0.4 is 15.2 Å². The number of rotatable bonds is 7. The lowest BCUT2D eigenvalue weighted by Gasteiger charge is -2.13. The molecule has 0 atom stereocenters. The summed E-state index contributed by atoms with van der Waals surface area (Å²) in [5, 5.41) is 6.89. The zero-order valence-corrected chi connectivity index (χ0v) is 21.6. The lowest BCUT2D eigenvalue weighted by molar-refractivity contribution is -0.122. The van der Waals surface area contributed by atoms with E-state index in [1.165, 1.54) is 19.4 Å². The maximum absolute atomic E-state index is 14.2. The van der Waals surface area contributed by atoms with E-state index in [0.29, 0.717) is 35.2 Å². The molecule has 5 rings (SSSR count). The van der Waals surface area contributed by atoms with E-state index in [2.05, 4.69) is 19.7 Å². The number of hydrogen-bond donors (Lipinski definition) is 3. The second-order valence-corrected chi connectivity index (χ2v) is 9.84. The van der Waals surface area contributed by atoms with Gasteiger partial charge in [0.05, 0.1) is 24.7 Å². The standard InChI is InChI=1S/C25H20F2N6O3S.CH2O2/c1-36-24-21(32-37(34,35)23-7-5-18(26)11-19(23)27)9-17(13-30-24)16-4-6-20-22(10-16)33(25(28)31-20)14-15-3-2-8-29-12-15;2-1-3/h2-13,32H,14H2,1H3,(H2,28,31);1H,(H,2,3). The minimum atomic E-state index is -4.41. The summed E-state index contributed by atoms with van der Waals surface area (Å²) < 4.78 is 62.5. The van der Waals surface area contributed by atoms with Gasteiger partial charge in [-0.15, -0.1) is 0 Å². The molecule has 0 saturated carbocycles. The Morgan fingerprint density at radius 1 is 1.10 bits per heavy atom. The third kappa shape index (κ3) is 5.96. The first-order valence-corrected chi connectivity index (χ1v) is 12.9. The van der Waals surface area contributed by atoms with E-state index in [1.54, 1.807) is 24.5 Å². The Bertz CT molecular complexity index is 1780. The van der Waals surface area contributed by atoms with Crippen molar-refractivity contribution in [3.8, 4) is 17.0 Å². The van der Waals surface area contributed by atoms with Crippen LogP contribution in [0, 0.1) is 11.6 Å². The molecule has 0 aliphatic rings. The van der Waals surface area contributed by atoms with Crippen molar-refractivity contribution in [2.75, 3.05) is 17.6 Å². The van der Waals surface area contributed by atoms with Gasteiger partial charge in [0.25, 0.3) is 16.5 Å². The molecule has 206 valence electrons. The van der Waals surface area contributed by atoms with E-state index in [9.17, 15) is 17.2 Å². The number of fused-ring (bicyclic) bond motifs is 1. The van der Waals surface area contributed by atoms with Crippen molar-refractivity contribution in [3.63, 3.8) is 0 Å². The number of hydrogen-bond acceptors (Lipinski definition) is 8. The Morgan fingerprint density at radius 2 is 1.88 bits per heavy atom. The Morgan fingerprint density at radius 3 is 2.55 bits per heavy atom. The van der Waals surface area contributed by atoms with Gasteiger partial charge < -0.3 is 20.1 Å². The van der Waals surface area contributed by atoms with Crippen LogP contribution in [-0.2, 0) is 21.4 Å². The number of nitrogens with one attached hydrogen (secondary N) is 1. The lowest BCUT2D eigenvalue weighted by atomic mass is 10.1. The number of aromatic nitrogens is 4. The fourth-order valence-corrected chi connectivity index (χ4v) is 5.01. The number of pyridine rings is 2. The minimum Gasteiger partial charge on any atom is -0.483 e. The number of nitrogens with two attached hydrogens (primary N) is 1. The zero-order chi connectivity index (χ0) is 28.9. The highest BCUT2D eigenvalue weighted by molar-refractivity contribution is 7.92. The van der Waals surface area contributed by atoms with Crippen molar-refractivity contribution in [1.29, 1.82) is 0 Å². The van der Waals surface area contributed by atoms with Gasteiger partial charge in [-0.25, -0.2) is 27.2 Å². The van der Waals surface area contributed by atoms with Crippen LogP contribution in [0.2, 0.25) is 0 Å². The van der Waals surface area contributed by atoms with Crippen LogP contribution in [0.3, 0.4) is 0 Å². The molecule has 2 aromatic carbocycles. The maximum atomic E-state index is 14.2. The van der Waals surface area contributed by atoms with E-state index in [-0.39, 0.29) is 18.0 Å². The van der Waals surface area contributed by atoms with Crippen LogP contribution in [0.4, 0.5) is 20.4 Å². The monoisotopic (exact) mass is 568 g/mol. The summed E-state index contributed by atoms with van der Waals surface area (Å²) >= 11 is 0. The second kappa shape index (κ2) is 11.7. The summed E-state index contributed by atoms with van der Waals surface area (Å²) in [4.78, 5) is 20.4. The lowest BCUT2D eigenvalue weighted by Crippen LogP contribution is -2.15. The van der Waals surface area contributed by atoms with Gasteiger partial charge in [0.2, 0.25) is 11.8 Å². The average Bonchev–Trinajstić information content (AvgIpc) is 3.23. The summed E-state index contributed by atoms with van der Waals surface area (Å²) in [5.41, 5.74) is 9.77. The quantitative estimate of drug-likeness (QED) is 0.247. The highest BCUT2D eigenvalue weighted by Crippen LogP contribution is 2.32. The molecule has 14 heteroatoms. The highest BCUT2D eigenvalue weighted by atomic mass is 32.2. The number of benzene rings is 2. The molecule has 0 radical (unpaired) electrons. The smallest absolute Gasteiger partial charge is 0.290 e. The molecular weight excluding hydrogens is 546 g/mol. The van der Waals surface area contributed by atoms with Crippen molar-refractivity contribution < 1.29 is 31.8 Å². The number of imidazole rings is 1. The topological polar surface area (TPSA) is 162 Å². The Labute approximate surface area is 227 Å². The van der Waals surface area contributed by atoms with Gasteiger partial charge in [0.15, 0.2) is 0 Å². The Kier molecular flexibility index (Phi) is 8.19. The first-order valence-electron chi connectivity index (χ1n) is 11.4. The number of ether oxygens (including phenoxy) is 1. The minimum absolute atomic E-state index is 0.0211. The van der Waals surface area contributed by atoms with Crippen molar-refractivity contribution >= 4 is 39.2 Å². The van der Waals surface area contributed by atoms with Crippen molar-refractivity contribution in [2.45, 2.75) is 11.4 Å². The fourth-order valence-electron chi connectivity index (χ4n) is 3.90. The van der Waals surface area contributed by atoms with Crippen LogP contribution in [0.1, 0.15) is 5.56 Å². The van der Waals surface area contributed by atoms with Crippen LogP contribution in [-0.4, -0.2) is 46.6 Å². The van der Waals surface area contributed by atoms with E-state index < -0.39 is 26.6 Å². The SMILES string of the molecule is COc1ncc(-c2ccc3nc(N)n(Cc4cccnc4)c3c2)cc1NS(=O)(=O)c1ccc(F)cc1F.O=CO. The molecule has 3 heterocycles. The highest BCUT2D eigenvalue weighted by Gasteiger charge is 2.22. The number of nitrogen functional groups attached to an aromatic ring is 1. The maximum Gasteiger partial charge on any atom is 0.290 e. The number of halogens is 2. The van der Waals surface area contributed by atoms with Crippen molar-refractivity contribution in [1.82, 2.24) is 19.5 Å². The van der Waals surface area contributed by atoms with E-state index in [4.69, 9.17) is 20.4 Å². The Balaban J connectivity index is 0.00000118. The van der Waals surface area contributed by atoms with E-state index in [1.807, 2.05) is 22.8 Å². The van der Waals surface area contributed by atoms with Gasteiger partial charge in [0, 0.05) is 30.2 Å². The first kappa shape index (κ1) is 27.9. The molecule has 11 nitrogen and oxygen atoms in total. The number of methoxy groups -OCH3 is 1. The summed E-state index contributed by atoms with van der Waals surface area (Å²) in [7, 11) is -3.09.